The number of likely N-dealkylation sites (tertiary alicyclic amines) is 1. The Labute approximate surface area is 236 Å². The van der Waals surface area contributed by atoms with Crippen LogP contribution in [0.5, 0.6) is 0 Å². The van der Waals surface area contributed by atoms with Crippen molar-refractivity contribution in [1.82, 2.24) is 15.5 Å². The van der Waals surface area contributed by atoms with E-state index in [2.05, 4.69) is 10.6 Å². The fraction of sp³-hybridized carbons (Fsp3) is 0.344. The number of benzene rings is 3. The Morgan fingerprint density at radius 1 is 0.829 bits per heavy atom. The Bertz CT molecular complexity index is 1370. The Hall–Kier alpha value is -4.14. The third-order valence-electron chi connectivity index (χ3n) is 8.06. The van der Waals surface area contributed by atoms with Crippen LogP contribution in [0.2, 0.25) is 0 Å². The van der Waals surface area contributed by atoms with E-state index in [0.29, 0.717) is 49.0 Å². The molecule has 2 aliphatic rings. The highest BCUT2D eigenvalue weighted by Crippen LogP contribution is 2.51. The molecule has 0 aromatic heterocycles. The van der Waals surface area contributed by atoms with Gasteiger partial charge in [0.25, 0.3) is 5.91 Å². The summed E-state index contributed by atoms with van der Waals surface area (Å²) >= 11 is 0. The summed E-state index contributed by atoms with van der Waals surface area (Å²) in [6.45, 7) is -0.421. The molecule has 5 rings (SSSR count). The molecule has 1 fully saturated rings. The van der Waals surface area contributed by atoms with Crippen LogP contribution in [0.25, 0.3) is 11.1 Å². The standard InChI is InChI=1S/C32H32F3N3O3/c33-32(34,35)21-36-30(41)31(26-13-6-4-11-24(26)25-12-5-7-14-27(25)31)18-8-15-28(39)38-19-16-23(17-20-38)37-29(40)22-9-2-1-3-10-22/h1-7,9-14,23H,8,15-21H2,(H,36,41)(H,37,40). The lowest BCUT2D eigenvalue weighted by Crippen LogP contribution is -2.47. The average Bonchev–Trinajstić information content (AvgIpc) is 3.27. The van der Waals surface area contributed by atoms with Gasteiger partial charge in [0.05, 0.1) is 0 Å². The maximum atomic E-state index is 13.6. The van der Waals surface area contributed by atoms with E-state index in [1.54, 1.807) is 41.3 Å². The number of carbonyl (C=O) groups excluding carboxylic acids is 3. The van der Waals surface area contributed by atoms with Crippen LogP contribution in [0.4, 0.5) is 13.2 Å². The summed E-state index contributed by atoms with van der Waals surface area (Å²) in [5.74, 6) is -0.917. The number of nitrogens with zero attached hydrogens (tertiary/aromatic N) is 1. The van der Waals surface area contributed by atoms with Gasteiger partial charge in [-0.3, -0.25) is 14.4 Å². The number of hydrogen-bond acceptors (Lipinski definition) is 3. The van der Waals surface area contributed by atoms with Crippen LogP contribution in [0.15, 0.2) is 78.9 Å². The Kier molecular flexibility index (Phi) is 8.15. The van der Waals surface area contributed by atoms with Crippen LogP contribution in [-0.2, 0) is 15.0 Å². The molecule has 3 amide bonds. The molecule has 41 heavy (non-hydrogen) atoms. The van der Waals surface area contributed by atoms with E-state index >= 15 is 0 Å². The van der Waals surface area contributed by atoms with Crippen molar-refractivity contribution in [1.29, 1.82) is 0 Å². The lowest BCUT2D eigenvalue weighted by molar-refractivity contribution is -0.141. The summed E-state index contributed by atoms with van der Waals surface area (Å²) in [6.07, 6.45) is -2.59. The first-order valence-electron chi connectivity index (χ1n) is 13.9. The van der Waals surface area contributed by atoms with E-state index < -0.39 is 24.0 Å². The SMILES string of the molecule is O=C(NC1CCN(C(=O)CCCC2(C(=O)NCC(F)(F)F)c3ccccc3-c3ccccc32)CC1)c1ccccc1. The van der Waals surface area contributed by atoms with Crippen LogP contribution in [0.3, 0.4) is 0 Å². The van der Waals surface area contributed by atoms with Crippen molar-refractivity contribution in [2.75, 3.05) is 19.6 Å². The number of halogens is 3. The van der Waals surface area contributed by atoms with E-state index in [1.165, 1.54) is 0 Å². The van der Waals surface area contributed by atoms with Gasteiger partial charge >= 0.3 is 6.18 Å². The van der Waals surface area contributed by atoms with Crippen molar-refractivity contribution >= 4 is 17.7 Å². The summed E-state index contributed by atoms with van der Waals surface area (Å²) in [4.78, 5) is 41.0. The maximum absolute atomic E-state index is 13.6. The van der Waals surface area contributed by atoms with Crippen LogP contribution < -0.4 is 10.6 Å². The molecule has 0 spiro atoms. The van der Waals surface area contributed by atoms with Gasteiger partial charge in [0, 0.05) is 31.1 Å². The van der Waals surface area contributed by atoms with Crippen LogP contribution in [-0.4, -0.2) is 54.5 Å². The molecule has 3 aromatic carbocycles. The zero-order valence-corrected chi connectivity index (χ0v) is 22.5. The Balaban J connectivity index is 1.25. The minimum Gasteiger partial charge on any atom is -0.349 e. The second-order valence-electron chi connectivity index (χ2n) is 10.6. The largest absolute Gasteiger partial charge is 0.405 e. The molecule has 2 N–H and O–H groups in total. The van der Waals surface area contributed by atoms with Gasteiger partial charge in [0.2, 0.25) is 11.8 Å². The van der Waals surface area contributed by atoms with Crippen LogP contribution >= 0.6 is 0 Å². The number of nitrogens with one attached hydrogen (secondary N) is 2. The highest BCUT2D eigenvalue weighted by Gasteiger charge is 2.49. The summed E-state index contributed by atoms with van der Waals surface area (Å²) < 4.78 is 39.2. The topological polar surface area (TPSA) is 78.5 Å². The van der Waals surface area contributed by atoms with Gasteiger partial charge in [-0.25, -0.2) is 0 Å². The molecular formula is C32H32F3N3O3. The second-order valence-corrected chi connectivity index (χ2v) is 10.6. The molecule has 0 saturated carbocycles. The Morgan fingerprint density at radius 3 is 1.98 bits per heavy atom. The number of rotatable bonds is 8. The Morgan fingerprint density at radius 2 is 1.39 bits per heavy atom. The number of carbonyl (C=O) groups is 3. The zero-order valence-electron chi connectivity index (χ0n) is 22.5. The third kappa shape index (κ3) is 5.99. The molecule has 9 heteroatoms. The fourth-order valence-corrected chi connectivity index (χ4v) is 6.08. The number of piperidine rings is 1. The van der Waals surface area contributed by atoms with Gasteiger partial charge < -0.3 is 15.5 Å². The second kappa shape index (κ2) is 11.8. The number of alkyl halides is 3. The van der Waals surface area contributed by atoms with Gasteiger partial charge in [0.15, 0.2) is 0 Å². The van der Waals surface area contributed by atoms with E-state index in [9.17, 15) is 27.6 Å². The van der Waals surface area contributed by atoms with E-state index in [0.717, 1.165) is 11.1 Å². The van der Waals surface area contributed by atoms with Crippen LogP contribution in [0.1, 0.15) is 53.6 Å². The van der Waals surface area contributed by atoms with E-state index in [-0.39, 0.29) is 30.7 Å². The molecule has 214 valence electrons. The monoisotopic (exact) mass is 563 g/mol. The van der Waals surface area contributed by atoms with Crippen molar-refractivity contribution in [3.8, 4) is 11.1 Å². The normalized spacial score (nSPS) is 16.0. The van der Waals surface area contributed by atoms with E-state index in [1.807, 2.05) is 42.5 Å². The van der Waals surface area contributed by atoms with Crippen molar-refractivity contribution in [2.45, 2.75) is 49.7 Å². The maximum Gasteiger partial charge on any atom is 0.405 e. The first-order chi connectivity index (χ1) is 19.7. The molecule has 6 nitrogen and oxygen atoms in total. The smallest absolute Gasteiger partial charge is 0.349 e. The van der Waals surface area contributed by atoms with Crippen molar-refractivity contribution in [3.05, 3.63) is 95.6 Å². The predicted octanol–water partition coefficient (Wildman–Crippen LogP) is 5.22. The molecule has 0 atom stereocenters. The number of amides is 3. The molecule has 1 aliphatic carbocycles. The molecular weight excluding hydrogens is 531 g/mol. The summed E-state index contributed by atoms with van der Waals surface area (Å²) in [5, 5.41) is 5.16. The summed E-state index contributed by atoms with van der Waals surface area (Å²) in [5.41, 5.74) is 2.21. The van der Waals surface area contributed by atoms with Gasteiger partial charge in [-0.15, -0.1) is 0 Å². The molecule has 1 aliphatic heterocycles. The average molecular weight is 564 g/mol. The molecule has 3 aromatic rings. The fourth-order valence-electron chi connectivity index (χ4n) is 6.08. The van der Waals surface area contributed by atoms with Gasteiger partial charge in [0.1, 0.15) is 12.0 Å². The molecule has 1 saturated heterocycles. The predicted molar refractivity (Wildman–Crippen MR) is 149 cm³/mol. The molecule has 1 heterocycles. The highest BCUT2D eigenvalue weighted by atomic mass is 19.4. The van der Waals surface area contributed by atoms with Crippen molar-refractivity contribution in [2.24, 2.45) is 0 Å². The van der Waals surface area contributed by atoms with Crippen molar-refractivity contribution in [3.63, 3.8) is 0 Å². The first kappa shape index (κ1) is 28.4. The minimum atomic E-state index is -4.54. The number of fused-ring (bicyclic) bond motifs is 3. The number of hydrogen-bond donors (Lipinski definition) is 2. The summed E-state index contributed by atoms with van der Waals surface area (Å²) in [7, 11) is 0. The first-order valence-corrected chi connectivity index (χ1v) is 13.9. The summed E-state index contributed by atoms with van der Waals surface area (Å²) in [6, 6.07) is 23.5. The molecule has 0 bridgehead atoms. The van der Waals surface area contributed by atoms with Gasteiger partial charge in [-0.1, -0.05) is 66.7 Å². The molecule has 0 unspecified atom stereocenters. The third-order valence-corrected chi connectivity index (χ3v) is 8.06. The van der Waals surface area contributed by atoms with Gasteiger partial charge in [-0.05, 0) is 60.1 Å². The van der Waals surface area contributed by atoms with Crippen molar-refractivity contribution < 1.29 is 27.6 Å². The lowest BCUT2D eigenvalue weighted by Gasteiger charge is -2.33. The highest BCUT2D eigenvalue weighted by molar-refractivity contribution is 6.00. The van der Waals surface area contributed by atoms with Crippen LogP contribution in [0, 0.1) is 0 Å². The lowest BCUT2D eigenvalue weighted by atomic mass is 9.73. The van der Waals surface area contributed by atoms with E-state index in [4.69, 9.17) is 0 Å². The minimum absolute atomic E-state index is 0.0288. The zero-order chi connectivity index (χ0) is 29.0. The quantitative estimate of drug-likeness (QED) is 0.395. The van der Waals surface area contributed by atoms with Gasteiger partial charge in [-0.2, -0.15) is 13.2 Å². The molecule has 0 radical (unpaired) electrons.